The van der Waals surface area contributed by atoms with Gasteiger partial charge in [-0.25, -0.2) is 4.79 Å². The van der Waals surface area contributed by atoms with E-state index in [0.717, 1.165) is 4.47 Å². The normalized spacial score (nSPS) is 20.6. The molecule has 1 aromatic rings. The summed E-state index contributed by atoms with van der Waals surface area (Å²) in [5.74, 6) is -0.407. The van der Waals surface area contributed by atoms with Crippen LogP contribution in [0.2, 0.25) is 0 Å². The topological polar surface area (TPSA) is 57.6 Å². The highest BCUT2D eigenvalue weighted by atomic mass is 79.9. The number of hydrogen-bond donors (Lipinski definition) is 2. The third-order valence-corrected chi connectivity index (χ3v) is 4.22. The second-order valence-electron chi connectivity index (χ2n) is 4.59. The molecule has 1 N–H and O–H groups in total. The third kappa shape index (κ3) is 3.12. The van der Waals surface area contributed by atoms with Crippen molar-refractivity contribution in [2.24, 2.45) is 5.92 Å². The number of halogens is 1. The van der Waals surface area contributed by atoms with Crippen LogP contribution in [0.4, 0.5) is 0 Å². The van der Waals surface area contributed by atoms with Gasteiger partial charge in [0.05, 0.1) is 0 Å². The van der Waals surface area contributed by atoms with E-state index in [1.54, 1.807) is 18.2 Å². The molecule has 2 unspecified atom stereocenters. The summed E-state index contributed by atoms with van der Waals surface area (Å²) < 4.78 is 0.800. The number of benzene rings is 1. The molecule has 0 radical (unpaired) electrons. The molecule has 1 aliphatic rings. The molecule has 1 amide bonds. The first-order valence-electron chi connectivity index (χ1n) is 5.91. The monoisotopic (exact) mass is 343 g/mol. The van der Waals surface area contributed by atoms with Gasteiger partial charge in [-0.15, -0.1) is 0 Å². The van der Waals surface area contributed by atoms with Crippen molar-refractivity contribution in [3.8, 4) is 0 Å². The Balaban J connectivity index is 2.31. The first kappa shape index (κ1) is 14.4. The van der Waals surface area contributed by atoms with Crippen LogP contribution in [0.3, 0.4) is 0 Å². The summed E-state index contributed by atoms with van der Waals surface area (Å²) in [5, 5.41) is 9.43. The Labute approximate surface area is 125 Å². The molecule has 2 atom stereocenters. The fraction of sp³-hybridized carbons (Fsp3) is 0.385. The van der Waals surface area contributed by atoms with Gasteiger partial charge in [-0.2, -0.15) is 12.6 Å². The number of thiol groups is 1. The van der Waals surface area contributed by atoms with Crippen molar-refractivity contribution in [2.45, 2.75) is 12.5 Å². The quantitative estimate of drug-likeness (QED) is 0.825. The van der Waals surface area contributed by atoms with Crippen molar-refractivity contribution in [1.82, 2.24) is 4.90 Å². The van der Waals surface area contributed by atoms with Gasteiger partial charge in [-0.1, -0.05) is 28.1 Å². The van der Waals surface area contributed by atoms with Crippen molar-refractivity contribution in [1.29, 1.82) is 0 Å². The molecule has 0 aromatic heterocycles. The molecule has 1 aliphatic heterocycles. The predicted molar refractivity (Wildman–Crippen MR) is 78.2 cm³/mol. The largest absolute Gasteiger partial charge is 0.479 e. The summed E-state index contributed by atoms with van der Waals surface area (Å²) in [5.41, 5.74) is 0.607. The third-order valence-electron chi connectivity index (χ3n) is 3.21. The van der Waals surface area contributed by atoms with E-state index in [4.69, 9.17) is 0 Å². The lowest BCUT2D eigenvalue weighted by Gasteiger charge is -2.25. The molecule has 6 heteroatoms. The Hall–Kier alpha value is -1.01. The fourth-order valence-corrected chi connectivity index (χ4v) is 2.97. The lowest BCUT2D eigenvalue weighted by Crippen LogP contribution is -2.35. The maximum atomic E-state index is 12.0. The maximum Gasteiger partial charge on any atom is 0.331 e. The van der Waals surface area contributed by atoms with Gasteiger partial charge in [0.15, 0.2) is 6.04 Å². The van der Waals surface area contributed by atoms with Crippen molar-refractivity contribution < 1.29 is 14.7 Å². The van der Waals surface area contributed by atoms with Gasteiger partial charge in [0.25, 0.3) is 0 Å². The summed E-state index contributed by atoms with van der Waals surface area (Å²) in [6.45, 7) is 0.450. The minimum absolute atomic E-state index is 0.119. The highest BCUT2D eigenvalue weighted by molar-refractivity contribution is 9.10. The van der Waals surface area contributed by atoms with Crippen LogP contribution < -0.4 is 0 Å². The van der Waals surface area contributed by atoms with Gasteiger partial charge >= 0.3 is 5.97 Å². The smallest absolute Gasteiger partial charge is 0.331 e. The standard InChI is InChI=1S/C13H14BrNO3S/c14-10-3-1-2-9(5-10)12(13(17)18)15-6-8(7-19)4-11(15)16/h1-3,5,8,12,19H,4,6-7H2,(H,17,18). The Bertz CT molecular complexity index is 508. The number of amides is 1. The zero-order chi connectivity index (χ0) is 14.0. The summed E-state index contributed by atoms with van der Waals surface area (Å²) in [6.07, 6.45) is 0.376. The van der Waals surface area contributed by atoms with Crippen molar-refractivity contribution >= 4 is 40.4 Å². The lowest BCUT2D eigenvalue weighted by molar-refractivity contribution is -0.148. The minimum atomic E-state index is -1.01. The van der Waals surface area contributed by atoms with Crippen LogP contribution in [0.15, 0.2) is 28.7 Å². The molecule has 1 heterocycles. The van der Waals surface area contributed by atoms with Crippen LogP contribution in [0.1, 0.15) is 18.0 Å². The summed E-state index contributed by atoms with van der Waals surface area (Å²) in [6, 6.07) is 6.14. The van der Waals surface area contributed by atoms with Crippen LogP contribution in [-0.4, -0.2) is 34.2 Å². The van der Waals surface area contributed by atoms with Gasteiger partial charge in [0, 0.05) is 17.4 Å². The fourth-order valence-electron chi connectivity index (χ4n) is 2.31. The summed E-state index contributed by atoms with van der Waals surface area (Å²) >= 11 is 7.51. The van der Waals surface area contributed by atoms with Crippen LogP contribution in [0.5, 0.6) is 0 Å². The Morgan fingerprint density at radius 2 is 2.32 bits per heavy atom. The average molecular weight is 344 g/mol. The molecule has 0 bridgehead atoms. The van der Waals surface area contributed by atoms with Crippen molar-refractivity contribution in [2.75, 3.05) is 12.3 Å². The average Bonchev–Trinajstić information content (AvgIpc) is 2.71. The van der Waals surface area contributed by atoms with Crippen LogP contribution in [0, 0.1) is 5.92 Å². The molecule has 2 rings (SSSR count). The van der Waals surface area contributed by atoms with Gasteiger partial charge < -0.3 is 10.0 Å². The molecule has 0 saturated carbocycles. The SMILES string of the molecule is O=C(O)C(c1cccc(Br)c1)N1CC(CS)CC1=O. The molecule has 1 saturated heterocycles. The Morgan fingerprint density at radius 3 is 2.84 bits per heavy atom. The van der Waals surface area contributed by atoms with E-state index < -0.39 is 12.0 Å². The van der Waals surface area contributed by atoms with Crippen LogP contribution in [-0.2, 0) is 9.59 Å². The maximum absolute atomic E-state index is 12.0. The molecule has 4 nitrogen and oxygen atoms in total. The first-order valence-corrected chi connectivity index (χ1v) is 7.34. The molecule has 19 heavy (non-hydrogen) atoms. The molecular weight excluding hydrogens is 330 g/mol. The van der Waals surface area contributed by atoms with Crippen molar-refractivity contribution in [3.05, 3.63) is 34.3 Å². The van der Waals surface area contributed by atoms with Crippen LogP contribution in [0.25, 0.3) is 0 Å². The number of hydrogen-bond acceptors (Lipinski definition) is 3. The Morgan fingerprint density at radius 1 is 1.58 bits per heavy atom. The van der Waals surface area contributed by atoms with E-state index in [1.807, 2.05) is 6.07 Å². The summed E-state index contributed by atoms with van der Waals surface area (Å²) in [7, 11) is 0. The number of carbonyl (C=O) groups is 2. The number of likely N-dealkylation sites (tertiary alicyclic amines) is 1. The number of carboxylic acids is 1. The highest BCUT2D eigenvalue weighted by Gasteiger charge is 2.38. The van der Waals surface area contributed by atoms with E-state index in [1.165, 1.54) is 4.90 Å². The van der Waals surface area contributed by atoms with E-state index in [-0.39, 0.29) is 11.8 Å². The highest BCUT2D eigenvalue weighted by Crippen LogP contribution is 2.30. The summed E-state index contributed by atoms with van der Waals surface area (Å²) in [4.78, 5) is 24.9. The number of nitrogens with zero attached hydrogens (tertiary/aromatic N) is 1. The first-order chi connectivity index (χ1) is 9.02. The van der Waals surface area contributed by atoms with Gasteiger partial charge in [-0.05, 0) is 29.4 Å². The van der Waals surface area contributed by atoms with E-state index in [2.05, 4.69) is 28.6 Å². The van der Waals surface area contributed by atoms with Gasteiger partial charge in [-0.3, -0.25) is 4.79 Å². The molecule has 0 aliphatic carbocycles. The lowest BCUT2D eigenvalue weighted by atomic mass is 10.1. The molecule has 0 spiro atoms. The molecule has 102 valence electrons. The van der Waals surface area contributed by atoms with E-state index >= 15 is 0 Å². The number of carbonyl (C=O) groups excluding carboxylic acids is 1. The number of aliphatic carboxylic acids is 1. The van der Waals surface area contributed by atoms with Gasteiger partial charge in [0.2, 0.25) is 5.91 Å². The second kappa shape index (κ2) is 5.96. The predicted octanol–water partition coefficient (Wildman–Crippen LogP) is 2.35. The molecule has 1 fully saturated rings. The van der Waals surface area contributed by atoms with E-state index in [9.17, 15) is 14.7 Å². The zero-order valence-electron chi connectivity index (χ0n) is 10.1. The van der Waals surface area contributed by atoms with Gasteiger partial charge in [0.1, 0.15) is 0 Å². The molecule has 1 aromatic carbocycles. The Kier molecular flexibility index (Phi) is 4.52. The second-order valence-corrected chi connectivity index (χ2v) is 5.88. The number of rotatable bonds is 4. The molecular formula is C13H14BrNO3S. The minimum Gasteiger partial charge on any atom is -0.479 e. The van der Waals surface area contributed by atoms with E-state index in [0.29, 0.717) is 24.3 Å². The zero-order valence-corrected chi connectivity index (χ0v) is 12.6. The number of carboxylic acid groups (broad SMARTS) is 1. The van der Waals surface area contributed by atoms with Crippen LogP contribution >= 0.6 is 28.6 Å². The van der Waals surface area contributed by atoms with Crippen molar-refractivity contribution in [3.63, 3.8) is 0 Å².